The number of likely N-dealkylation sites (tertiary alicyclic amines) is 1. The first-order valence-corrected chi connectivity index (χ1v) is 13.2. The average molecular weight is 412 g/mol. The third kappa shape index (κ3) is 5.40. The van der Waals surface area contributed by atoms with Gasteiger partial charge in [0.15, 0.2) is 0 Å². The van der Waals surface area contributed by atoms with Crippen molar-refractivity contribution in [3.05, 3.63) is 24.3 Å². The van der Waals surface area contributed by atoms with Crippen molar-refractivity contribution in [2.24, 2.45) is 5.92 Å². The van der Waals surface area contributed by atoms with E-state index in [2.05, 4.69) is 28.5 Å². The van der Waals surface area contributed by atoms with E-state index < -0.39 is 8.87 Å². The molecule has 27 heavy (non-hydrogen) atoms. The molecular weight excluding hydrogens is 378 g/mol. The van der Waals surface area contributed by atoms with E-state index in [9.17, 15) is 8.42 Å². The second-order valence-electron chi connectivity index (χ2n) is 7.98. The maximum Gasteiger partial charge on any atom is 0.229 e. The monoisotopic (exact) mass is 411 g/mol. The van der Waals surface area contributed by atoms with Gasteiger partial charge in [0.25, 0.3) is 0 Å². The number of piperazine rings is 1. The van der Waals surface area contributed by atoms with E-state index >= 15 is 0 Å². The number of hydrogen-bond acceptors (Lipinski definition) is 6. The zero-order valence-corrected chi connectivity index (χ0v) is 18.4. The first-order valence-electron chi connectivity index (χ1n) is 10.0. The molecule has 0 aliphatic carbocycles. The Morgan fingerprint density at radius 3 is 2.33 bits per heavy atom. The van der Waals surface area contributed by atoms with Gasteiger partial charge in [-0.15, -0.1) is 0 Å². The summed E-state index contributed by atoms with van der Waals surface area (Å²) in [6.07, 6.45) is 4.24. The standard InChI is InChI=1S/C20H33N3O2S2/c1-17(2)22-9-7-18(8-10-22)16-21-11-13-23(14-12-21)19-5-4-6-20(15-19)27(24,25)26-3/h4-6,15,17-18H,7-14,16H2,1-3H3. The summed E-state index contributed by atoms with van der Waals surface area (Å²) in [7, 11) is -2.33. The molecule has 2 aliphatic heterocycles. The van der Waals surface area contributed by atoms with Gasteiger partial charge < -0.3 is 9.80 Å². The van der Waals surface area contributed by atoms with Gasteiger partial charge in [0, 0.05) is 44.5 Å². The Hall–Kier alpha value is -0.760. The summed E-state index contributed by atoms with van der Waals surface area (Å²) in [5.41, 5.74) is 1.02. The first-order chi connectivity index (χ1) is 12.9. The van der Waals surface area contributed by atoms with Crippen LogP contribution in [-0.2, 0) is 8.87 Å². The van der Waals surface area contributed by atoms with E-state index in [1.54, 1.807) is 12.3 Å². The van der Waals surface area contributed by atoms with Crippen LogP contribution in [0.1, 0.15) is 26.7 Å². The van der Waals surface area contributed by atoms with E-state index in [1.807, 2.05) is 18.2 Å². The van der Waals surface area contributed by atoms with Crippen LogP contribution in [0.4, 0.5) is 5.69 Å². The topological polar surface area (TPSA) is 43.9 Å². The molecule has 0 amide bonds. The molecule has 1 aromatic rings. The van der Waals surface area contributed by atoms with Crippen molar-refractivity contribution in [2.75, 3.05) is 57.0 Å². The predicted octanol–water partition coefficient (Wildman–Crippen LogP) is 2.98. The van der Waals surface area contributed by atoms with Crippen molar-refractivity contribution in [3.8, 4) is 0 Å². The number of piperidine rings is 1. The average Bonchev–Trinajstić information content (AvgIpc) is 2.69. The van der Waals surface area contributed by atoms with Crippen LogP contribution in [0, 0.1) is 5.92 Å². The van der Waals surface area contributed by atoms with E-state index in [0.717, 1.165) is 48.6 Å². The second kappa shape index (κ2) is 9.16. The van der Waals surface area contributed by atoms with Gasteiger partial charge in [-0.2, -0.15) is 0 Å². The fourth-order valence-electron chi connectivity index (χ4n) is 4.14. The maximum atomic E-state index is 12.1. The zero-order valence-electron chi connectivity index (χ0n) is 16.8. The number of anilines is 1. The number of benzene rings is 1. The predicted molar refractivity (Wildman–Crippen MR) is 115 cm³/mol. The van der Waals surface area contributed by atoms with Crippen molar-refractivity contribution < 1.29 is 8.42 Å². The molecule has 0 spiro atoms. The van der Waals surface area contributed by atoms with Crippen LogP contribution in [-0.4, -0.2) is 76.3 Å². The molecule has 3 rings (SSSR count). The number of nitrogens with zero attached hydrogens (tertiary/aromatic N) is 3. The minimum Gasteiger partial charge on any atom is -0.369 e. The molecule has 0 bridgehead atoms. The smallest absolute Gasteiger partial charge is 0.229 e. The summed E-state index contributed by atoms with van der Waals surface area (Å²) in [6.45, 7) is 12.3. The lowest BCUT2D eigenvalue weighted by Crippen LogP contribution is -2.49. The molecule has 0 aromatic heterocycles. The highest BCUT2D eigenvalue weighted by Crippen LogP contribution is 2.26. The van der Waals surface area contributed by atoms with Crippen molar-refractivity contribution >= 4 is 25.4 Å². The van der Waals surface area contributed by atoms with Crippen LogP contribution < -0.4 is 4.90 Å². The lowest BCUT2D eigenvalue weighted by atomic mass is 9.95. The number of hydrogen-bond donors (Lipinski definition) is 0. The van der Waals surface area contributed by atoms with Gasteiger partial charge in [-0.25, -0.2) is 8.42 Å². The molecule has 2 fully saturated rings. The van der Waals surface area contributed by atoms with E-state index in [1.165, 1.54) is 32.5 Å². The molecule has 5 nitrogen and oxygen atoms in total. The van der Waals surface area contributed by atoms with Gasteiger partial charge >= 0.3 is 0 Å². The fraction of sp³-hybridized carbons (Fsp3) is 0.700. The van der Waals surface area contributed by atoms with E-state index in [0.29, 0.717) is 10.9 Å². The summed E-state index contributed by atoms with van der Waals surface area (Å²) >= 11 is 0. The molecule has 2 aliphatic rings. The molecule has 7 heteroatoms. The second-order valence-corrected chi connectivity index (χ2v) is 12.0. The van der Waals surface area contributed by atoms with Crippen molar-refractivity contribution in [3.63, 3.8) is 0 Å². The summed E-state index contributed by atoms with van der Waals surface area (Å²) in [4.78, 5) is 7.91. The minimum atomic E-state index is -3.22. The molecule has 0 atom stereocenters. The Bertz CT molecular complexity index is 708. The largest absolute Gasteiger partial charge is 0.369 e. The Balaban J connectivity index is 1.50. The van der Waals surface area contributed by atoms with Gasteiger partial charge in [-0.3, -0.25) is 4.90 Å². The molecular formula is C20H33N3O2S2. The van der Waals surface area contributed by atoms with Gasteiger partial charge in [0.1, 0.15) is 0 Å². The lowest BCUT2D eigenvalue weighted by molar-refractivity contribution is 0.119. The first kappa shape index (κ1) is 21.0. The fourth-order valence-corrected chi connectivity index (χ4v) is 5.73. The SMILES string of the molecule is CSS(=O)(=O)c1cccc(N2CCN(CC3CCN(C(C)C)CC3)CC2)c1. The molecule has 0 radical (unpaired) electrons. The minimum absolute atomic E-state index is 0.409. The molecule has 152 valence electrons. The van der Waals surface area contributed by atoms with Crippen molar-refractivity contribution in [2.45, 2.75) is 37.6 Å². The maximum absolute atomic E-state index is 12.1. The Morgan fingerprint density at radius 2 is 1.74 bits per heavy atom. The summed E-state index contributed by atoms with van der Waals surface area (Å²) in [6, 6.07) is 8.06. The highest BCUT2D eigenvalue weighted by atomic mass is 33.1. The Kier molecular flexibility index (Phi) is 7.11. The summed E-state index contributed by atoms with van der Waals surface area (Å²) in [5.74, 6) is 0.821. The van der Waals surface area contributed by atoms with Gasteiger partial charge in [0.05, 0.1) is 4.90 Å². The highest BCUT2D eigenvalue weighted by Gasteiger charge is 2.25. The Labute approximate surface area is 168 Å². The summed E-state index contributed by atoms with van der Waals surface area (Å²) in [5, 5.41) is 0. The van der Waals surface area contributed by atoms with Gasteiger partial charge in [-0.05, 0) is 80.9 Å². The van der Waals surface area contributed by atoms with Crippen LogP contribution >= 0.6 is 10.8 Å². The number of rotatable bonds is 6. The van der Waals surface area contributed by atoms with Crippen LogP contribution in [0.3, 0.4) is 0 Å². The third-order valence-electron chi connectivity index (χ3n) is 5.96. The molecule has 2 saturated heterocycles. The quantitative estimate of drug-likeness (QED) is 0.671. The van der Waals surface area contributed by atoms with Crippen LogP contribution in [0.15, 0.2) is 29.2 Å². The van der Waals surface area contributed by atoms with Crippen LogP contribution in [0.2, 0.25) is 0 Å². The molecule has 1 aromatic carbocycles. The van der Waals surface area contributed by atoms with Crippen molar-refractivity contribution in [1.29, 1.82) is 0 Å². The summed E-state index contributed by atoms with van der Waals surface area (Å²) < 4.78 is 24.2. The Morgan fingerprint density at radius 1 is 1.07 bits per heavy atom. The molecule has 0 saturated carbocycles. The van der Waals surface area contributed by atoms with E-state index in [-0.39, 0.29) is 0 Å². The molecule has 0 N–H and O–H groups in total. The molecule has 2 heterocycles. The zero-order chi connectivity index (χ0) is 19.4. The van der Waals surface area contributed by atoms with Crippen molar-refractivity contribution in [1.82, 2.24) is 9.80 Å². The van der Waals surface area contributed by atoms with Gasteiger partial charge in [-0.1, -0.05) is 6.07 Å². The normalized spacial score (nSPS) is 21.1. The third-order valence-corrected chi connectivity index (χ3v) is 9.12. The van der Waals surface area contributed by atoms with Crippen LogP contribution in [0.5, 0.6) is 0 Å². The molecule has 0 unspecified atom stereocenters. The highest BCUT2D eigenvalue weighted by molar-refractivity contribution is 8.71. The van der Waals surface area contributed by atoms with E-state index in [4.69, 9.17) is 0 Å². The van der Waals surface area contributed by atoms with Crippen LogP contribution in [0.25, 0.3) is 0 Å². The van der Waals surface area contributed by atoms with Gasteiger partial charge in [0.2, 0.25) is 8.87 Å². The lowest BCUT2D eigenvalue weighted by Gasteiger charge is -2.40.